The van der Waals surface area contributed by atoms with E-state index in [1.807, 2.05) is 49.4 Å². The highest BCUT2D eigenvalue weighted by molar-refractivity contribution is 5.98. The fourth-order valence-electron chi connectivity index (χ4n) is 2.58. The largest absolute Gasteiger partial charge is 0.481 e. The van der Waals surface area contributed by atoms with Gasteiger partial charge in [0.25, 0.3) is 0 Å². The molecule has 0 fully saturated rings. The Labute approximate surface area is 153 Å². The van der Waals surface area contributed by atoms with Crippen molar-refractivity contribution in [1.82, 2.24) is 5.32 Å². The van der Waals surface area contributed by atoms with Crippen LogP contribution in [-0.4, -0.2) is 29.3 Å². The van der Waals surface area contributed by atoms with Gasteiger partial charge in [-0.05, 0) is 18.9 Å². The minimum Gasteiger partial charge on any atom is -0.481 e. The predicted octanol–water partition coefficient (Wildman–Crippen LogP) is 3.02. The zero-order valence-corrected chi connectivity index (χ0v) is 14.8. The first-order chi connectivity index (χ1) is 12.5. The Morgan fingerprint density at radius 1 is 0.962 bits per heavy atom. The molecule has 0 spiro atoms. The van der Waals surface area contributed by atoms with Crippen LogP contribution in [0.3, 0.4) is 0 Å². The minimum atomic E-state index is -0.954. The summed E-state index contributed by atoms with van der Waals surface area (Å²) in [7, 11) is 0. The number of Topliss-reactive ketones (excluding diaryl/α,β-unsaturated/α-hetero) is 1. The summed E-state index contributed by atoms with van der Waals surface area (Å²) in [6.07, 6.45) is 0.494. The van der Waals surface area contributed by atoms with E-state index in [1.165, 1.54) is 0 Å². The molecule has 0 saturated carbocycles. The van der Waals surface area contributed by atoms with Gasteiger partial charge in [0.1, 0.15) is 0 Å². The number of carbonyl (C=O) groups is 3. The normalized spacial score (nSPS) is 11.6. The Balaban J connectivity index is 1.79. The van der Waals surface area contributed by atoms with E-state index in [0.29, 0.717) is 12.0 Å². The number of hydrogen-bond donors (Lipinski definition) is 2. The van der Waals surface area contributed by atoms with Gasteiger partial charge in [0.15, 0.2) is 5.78 Å². The zero-order valence-electron chi connectivity index (χ0n) is 14.8. The first kappa shape index (κ1) is 19.4. The van der Waals surface area contributed by atoms with Crippen molar-refractivity contribution in [3.63, 3.8) is 0 Å². The third-order valence-corrected chi connectivity index (χ3v) is 4.17. The first-order valence-electron chi connectivity index (χ1n) is 8.59. The number of aryl methyl sites for hydroxylation is 1. The number of amides is 1. The Morgan fingerprint density at radius 3 is 2.23 bits per heavy atom. The molecule has 2 aromatic carbocycles. The summed E-state index contributed by atoms with van der Waals surface area (Å²) in [6, 6.07) is 16.5. The fourth-order valence-corrected chi connectivity index (χ4v) is 2.58. The van der Waals surface area contributed by atoms with E-state index in [1.54, 1.807) is 12.1 Å². The smallest absolute Gasteiger partial charge is 0.308 e. The van der Waals surface area contributed by atoms with Crippen LogP contribution in [0.1, 0.15) is 34.3 Å². The van der Waals surface area contributed by atoms with Gasteiger partial charge in [-0.25, -0.2) is 0 Å². The summed E-state index contributed by atoms with van der Waals surface area (Å²) in [5, 5.41) is 12.0. The van der Waals surface area contributed by atoms with Crippen LogP contribution in [-0.2, 0) is 16.0 Å². The van der Waals surface area contributed by atoms with Gasteiger partial charge in [-0.3, -0.25) is 14.4 Å². The van der Waals surface area contributed by atoms with E-state index in [2.05, 4.69) is 5.32 Å². The molecule has 2 rings (SSSR count). The standard InChI is InChI=1S/C21H23NO4/c1-15-7-9-17(10-8-15)19(23)11-12-20(24)22-14-18(21(25)26)13-16-5-3-2-4-6-16/h2-10,18H,11-14H2,1H3,(H,22,24)(H,25,26). The van der Waals surface area contributed by atoms with Crippen LogP contribution in [0.5, 0.6) is 0 Å². The second-order valence-corrected chi connectivity index (χ2v) is 6.32. The Hall–Kier alpha value is -2.95. The average molecular weight is 353 g/mol. The number of aliphatic carboxylic acids is 1. The third kappa shape index (κ3) is 6.16. The quantitative estimate of drug-likeness (QED) is 0.679. The predicted molar refractivity (Wildman–Crippen MR) is 99.0 cm³/mol. The molecule has 5 nitrogen and oxygen atoms in total. The van der Waals surface area contributed by atoms with Crippen molar-refractivity contribution >= 4 is 17.7 Å². The molecular weight excluding hydrogens is 330 g/mol. The van der Waals surface area contributed by atoms with Crippen molar-refractivity contribution in [1.29, 1.82) is 0 Å². The maximum atomic E-state index is 12.1. The van der Waals surface area contributed by atoms with Gasteiger partial charge in [0.2, 0.25) is 5.91 Å². The Bertz CT molecular complexity index is 753. The van der Waals surface area contributed by atoms with Crippen LogP contribution in [0.2, 0.25) is 0 Å². The third-order valence-electron chi connectivity index (χ3n) is 4.17. The molecule has 136 valence electrons. The summed E-state index contributed by atoms with van der Waals surface area (Å²) in [6.45, 7) is 1.98. The number of nitrogens with one attached hydrogen (secondary N) is 1. The first-order valence-corrected chi connectivity index (χ1v) is 8.59. The highest BCUT2D eigenvalue weighted by Gasteiger charge is 2.19. The number of carboxylic acid groups (broad SMARTS) is 1. The lowest BCUT2D eigenvalue weighted by atomic mass is 9.99. The summed E-state index contributed by atoms with van der Waals surface area (Å²) in [5.41, 5.74) is 2.55. The van der Waals surface area contributed by atoms with E-state index in [0.717, 1.165) is 11.1 Å². The van der Waals surface area contributed by atoms with E-state index in [-0.39, 0.29) is 31.1 Å². The lowest BCUT2D eigenvalue weighted by Crippen LogP contribution is -2.34. The fraction of sp³-hybridized carbons (Fsp3) is 0.286. The topological polar surface area (TPSA) is 83.5 Å². The SMILES string of the molecule is Cc1ccc(C(=O)CCC(=O)NCC(Cc2ccccc2)C(=O)O)cc1. The van der Waals surface area contributed by atoms with Crippen molar-refractivity contribution < 1.29 is 19.5 Å². The number of hydrogen-bond acceptors (Lipinski definition) is 3. The summed E-state index contributed by atoms with van der Waals surface area (Å²) >= 11 is 0. The van der Waals surface area contributed by atoms with Crippen LogP contribution in [0.25, 0.3) is 0 Å². The number of ketones is 1. The van der Waals surface area contributed by atoms with E-state index >= 15 is 0 Å². The van der Waals surface area contributed by atoms with Gasteiger partial charge in [-0.15, -0.1) is 0 Å². The number of rotatable bonds is 9. The van der Waals surface area contributed by atoms with Gasteiger partial charge >= 0.3 is 5.97 Å². The van der Waals surface area contributed by atoms with Crippen LogP contribution in [0.4, 0.5) is 0 Å². The van der Waals surface area contributed by atoms with Crippen molar-refractivity contribution in [2.45, 2.75) is 26.2 Å². The van der Waals surface area contributed by atoms with Crippen LogP contribution in [0.15, 0.2) is 54.6 Å². The lowest BCUT2D eigenvalue weighted by Gasteiger charge is -2.13. The highest BCUT2D eigenvalue weighted by Crippen LogP contribution is 2.10. The molecule has 1 unspecified atom stereocenters. The molecule has 5 heteroatoms. The lowest BCUT2D eigenvalue weighted by molar-refractivity contribution is -0.141. The molecule has 0 radical (unpaired) electrons. The van der Waals surface area contributed by atoms with E-state index in [4.69, 9.17) is 0 Å². The van der Waals surface area contributed by atoms with Crippen molar-refractivity contribution in [2.75, 3.05) is 6.54 Å². The summed E-state index contributed by atoms with van der Waals surface area (Å²) in [5.74, 6) is -2.07. The molecule has 1 amide bonds. The molecule has 2 aromatic rings. The van der Waals surface area contributed by atoms with Gasteiger partial charge in [-0.1, -0.05) is 60.2 Å². The van der Waals surface area contributed by atoms with Crippen LogP contribution < -0.4 is 5.32 Å². The highest BCUT2D eigenvalue weighted by atomic mass is 16.4. The molecule has 0 aromatic heterocycles. The molecular formula is C21H23NO4. The van der Waals surface area contributed by atoms with Crippen LogP contribution >= 0.6 is 0 Å². The summed E-state index contributed by atoms with van der Waals surface area (Å²) in [4.78, 5) is 35.4. The van der Waals surface area contributed by atoms with Crippen molar-refractivity contribution in [2.24, 2.45) is 5.92 Å². The van der Waals surface area contributed by atoms with Crippen LogP contribution in [0, 0.1) is 12.8 Å². The second kappa shape index (κ2) is 9.51. The van der Waals surface area contributed by atoms with Crippen molar-refractivity contribution in [3.8, 4) is 0 Å². The van der Waals surface area contributed by atoms with E-state index in [9.17, 15) is 19.5 Å². The second-order valence-electron chi connectivity index (χ2n) is 6.32. The Morgan fingerprint density at radius 2 is 1.62 bits per heavy atom. The number of carbonyl (C=O) groups excluding carboxylic acids is 2. The number of benzene rings is 2. The molecule has 0 saturated heterocycles. The van der Waals surface area contributed by atoms with Gasteiger partial charge in [-0.2, -0.15) is 0 Å². The van der Waals surface area contributed by atoms with Gasteiger partial charge < -0.3 is 10.4 Å². The summed E-state index contributed by atoms with van der Waals surface area (Å²) < 4.78 is 0. The minimum absolute atomic E-state index is 0.0434. The molecule has 0 bridgehead atoms. The van der Waals surface area contributed by atoms with Gasteiger partial charge in [0.05, 0.1) is 5.92 Å². The molecule has 0 heterocycles. The maximum Gasteiger partial charge on any atom is 0.308 e. The maximum absolute atomic E-state index is 12.1. The van der Waals surface area contributed by atoms with Gasteiger partial charge in [0, 0.05) is 24.9 Å². The molecule has 0 aliphatic carbocycles. The average Bonchev–Trinajstić information content (AvgIpc) is 2.64. The molecule has 0 aliphatic heterocycles. The molecule has 26 heavy (non-hydrogen) atoms. The molecule has 2 N–H and O–H groups in total. The monoisotopic (exact) mass is 353 g/mol. The zero-order chi connectivity index (χ0) is 18.9. The Kier molecular flexibility index (Phi) is 7.09. The number of carboxylic acids is 1. The van der Waals surface area contributed by atoms with Crippen molar-refractivity contribution in [3.05, 3.63) is 71.3 Å². The van der Waals surface area contributed by atoms with E-state index < -0.39 is 11.9 Å². The molecule has 1 atom stereocenters. The molecule has 0 aliphatic rings.